The summed E-state index contributed by atoms with van der Waals surface area (Å²) in [4.78, 5) is 3.66. The predicted molar refractivity (Wildman–Crippen MR) is 54.2 cm³/mol. The van der Waals surface area contributed by atoms with Crippen molar-refractivity contribution in [3.8, 4) is 11.4 Å². The maximum Gasteiger partial charge on any atom is 0.417 e. The lowest BCUT2D eigenvalue weighted by Gasteiger charge is -2.09. The van der Waals surface area contributed by atoms with Crippen molar-refractivity contribution in [1.29, 1.82) is 0 Å². The van der Waals surface area contributed by atoms with Crippen LogP contribution in [-0.4, -0.2) is 17.2 Å². The van der Waals surface area contributed by atoms with Crippen LogP contribution in [0.4, 0.5) is 23.6 Å². The highest BCUT2D eigenvalue weighted by atomic mass is 19.4. The molecule has 8 heteroatoms. The number of hydrogen-bond acceptors (Lipinski definition) is 4. The second kappa shape index (κ2) is 4.28. The first-order valence-corrected chi connectivity index (χ1v) is 4.80. The molecule has 0 bridgehead atoms. The third-order valence-electron chi connectivity index (χ3n) is 2.17. The Hall–Kier alpha value is -2.12. The summed E-state index contributed by atoms with van der Waals surface area (Å²) >= 11 is 0. The molecule has 1 heterocycles. The summed E-state index contributed by atoms with van der Waals surface area (Å²) in [6.45, 7) is 0. The zero-order valence-electron chi connectivity index (χ0n) is 9.05. The van der Waals surface area contributed by atoms with E-state index in [0.29, 0.717) is 12.1 Å². The van der Waals surface area contributed by atoms with Crippen LogP contribution in [0.2, 0.25) is 0 Å². The minimum atomic E-state index is -4.62. The van der Waals surface area contributed by atoms with Crippen LogP contribution in [0, 0.1) is 5.82 Å². The van der Waals surface area contributed by atoms with Gasteiger partial charge in [0.1, 0.15) is 5.82 Å². The molecule has 2 aromatic rings. The Morgan fingerprint density at radius 1 is 1.28 bits per heavy atom. The normalized spacial score (nSPS) is 11.6. The molecular formula is C10H7F4N3O. The van der Waals surface area contributed by atoms with Crippen LogP contribution >= 0.6 is 0 Å². The minimum Gasteiger partial charge on any atom is -0.341 e. The molecule has 0 saturated carbocycles. The first-order chi connectivity index (χ1) is 8.41. The van der Waals surface area contributed by atoms with Crippen molar-refractivity contribution in [2.75, 3.05) is 12.4 Å². The summed E-state index contributed by atoms with van der Waals surface area (Å²) < 4.78 is 55.8. The first-order valence-electron chi connectivity index (χ1n) is 4.80. The molecule has 1 aromatic carbocycles. The average molecular weight is 261 g/mol. The lowest BCUT2D eigenvalue weighted by molar-refractivity contribution is -0.137. The van der Waals surface area contributed by atoms with Crippen LogP contribution in [0.15, 0.2) is 22.7 Å². The number of benzene rings is 1. The predicted octanol–water partition coefficient (Wildman–Crippen LogP) is 2.94. The van der Waals surface area contributed by atoms with Crippen molar-refractivity contribution in [3.05, 3.63) is 29.6 Å². The van der Waals surface area contributed by atoms with Gasteiger partial charge in [-0.25, -0.2) is 4.39 Å². The Kier molecular flexibility index (Phi) is 2.93. The Labute approximate surface area is 98.6 Å². The second-order valence-electron chi connectivity index (χ2n) is 3.36. The lowest BCUT2D eigenvalue weighted by Crippen LogP contribution is -2.08. The summed E-state index contributed by atoms with van der Waals surface area (Å²) in [6.07, 6.45) is -4.62. The summed E-state index contributed by atoms with van der Waals surface area (Å²) in [6, 6.07) is 2.03. The summed E-state index contributed by atoms with van der Waals surface area (Å²) in [7, 11) is 1.47. The van der Waals surface area contributed by atoms with Gasteiger partial charge in [0, 0.05) is 12.6 Å². The molecular weight excluding hydrogens is 254 g/mol. The van der Waals surface area contributed by atoms with E-state index in [-0.39, 0.29) is 11.8 Å². The third-order valence-corrected chi connectivity index (χ3v) is 2.17. The molecule has 0 aliphatic carbocycles. The Morgan fingerprint density at radius 2 is 2.00 bits per heavy atom. The molecule has 4 nitrogen and oxygen atoms in total. The van der Waals surface area contributed by atoms with Gasteiger partial charge in [-0.3, -0.25) is 0 Å². The molecule has 18 heavy (non-hydrogen) atoms. The molecule has 0 aliphatic heterocycles. The molecule has 1 aromatic heterocycles. The van der Waals surface area contributed by atoms with Crippen molar-refractivity contribution in [2.45, 2.75) is 6.18 Å². The standard InChI is InChI=1S/C10H7F4N3O/c1-15-9-16-8(17-18-9)6-4-5(11)2-3-7(6)10(12,13)14/h2-4H,1H3,(H,15,16,17). The summed E-state index contributed by atoms with van der Waals surface area (Å²) in [5.74, 6) is -1.14. The topological polar surface area (TPSA) is 51.0 Å². The second-order valence-corrected chi connectivity index (χ2v) is 3.36. The Balaban J connectivity index is 2.58. The number of nitrogens with one attached hydrogen (secondary N) is 1. The number of rotatable bonds is 2. The summed E-state index contributed by atoms with van der Waals surface area (Å²) in [5, 5.41) is 5.83. The fourth-order valence-corrected chi connectivity index (χ4v) is 1.38. The molecule has 1 N–H and O–H groups in total. The van der Waals surface area contributed by atoms with Gasteiger partial charge in [-0.15, -0.1) is 0 Å². The van der Waals surface area contributed by atoms with Gasteiger partial charge in [0.2, 0.25) is 5.82 Å². The smallest absolute Gasteiger partial charge is 0.341 e. The van der Waals surface area contributed by atoms with Crippen molar-refractivity contribution in [2.24, 2.45) is 0 Å². The van der Waals surface area contributed by atoms with Crippen LogP contribution in [-0.2, 0) is 6.18 Å². The number of aromatic nitrogens is 2. The van der Waals surface area contributed by atoms with E-state index in [1.807, 2.05) is 0 Å². The highest BCUT2D eigenvalue weighted by Crippen LogP contribution is 2.36. The molecule has 0 atom stereocenters. The number of halogens is 4. The van der Waals surface area contributed by atoms with Gasteiger partial charge in [0.25, 0.3) is 0 Å². The quantitative estimate of drug-likeness (QED) is 0.844. The molecule has 0 amide bonds. The molecule has 2 rings (SSSR count). The molecule has 0 radical (unpaired) electrons. The maximum atomic E-state index is 13.0. The summed E-state index contributed by atoms with van der Waals surface area (Å²) in [5.41, 5.74) is -1.49. The fourth-order valence-electron chi connectivity index (χ4n) is 1.38. The van der Waals surface area contributed by atoms with E-state index in [0.717, 1.165) is 6.07 Å². The van der Waals surface area contributed by atoms with Crippen LogP contribution in [0.25, 0.3) is 11.4 Å². The zero-order valence-corrected chi connectivity index (χ0v) is 9.05. The average Bonchev–Trinajstić information content (AvgIpc) is 2.75. The monoisotopic (exact) mass is 261 g/mol. The van der Waals surface area contributed by atoms with Crippen LogP contribution in [0.5, 0.6) is 0 Å². The van der Waals surface area contributed by atoms with E-state index in [1.54, 1.807) is 0 Å². The number of anilines is 1. The van der Waals surface area contributed by atoms with Gasteiger partial charge < -0.3 is 9.84 Å². The number of nitrogens with zero attached hydrogens (tertiary/aromatic N) is 2. The van der Waals surface area contributed by atoms with Gasteiger partial charge in [0.15, 0.2) is 0 Å². The number of alkyl halides is 3. The van der Waals surface area contributed by atoms with Crippen molar-refractivity contribution in [3.63, 3.8) is 0 Å². The highest BCUT2D eigenvalue weighted by Gasteiger charge is 2.35. The molecule has 0 saturated heterocycles. The SMILES string of the molecule is CNc1nc(-c2cc(F)ccc2C(F)(F)F)no1. The molecule has 0 aliphatic rings. The van der Waals surface area contributed by atoms with Gasteiger partial charge in [-0.2, -0.15) is 18.2 Å². The first kappa shape index (κ1) is 12.3. The third kappa shape index (κ3) is 2.27. The van der Waals surface area contributed by atoms with E-state index in [2.05, 4.69) is 20.0 Å². The Bertz CT molecular complexity index is 564. The Morgan fingerprint density at radius 3 is 2.56 bits per heavy atom. The van der Waals surface area contributed by atoms with E-state index in [4.69, 9.17) is 0 Å². The molecule has 0 fully saturated rings. The van der Waals surface area contributed by atoms with Gasteiger partial charge in [-0.1, -0.05) is 5.16 Å². The molecule has 0 spiro atoms. The fraction of sp³-hybridized carbons (Fsp3) is 0.200. The van der Waals surface area contributed by atoms with Crippen LogP contribution in [0.3, 0.4) is 0 Å². The van der Waals surface area contributed by atoms with Gasteiger partial charge in [0.05, 0.1) is 5.56 Å². The van der Waals surface area contributed by atoms with E-state index in [1.165, 1.54) is 7.05 Å². The van der Waals surface area contributed by atoms with E-state index >= 15 is 0 Å². The molecule has 96 valence electrons. The largest absolute Gasteiger partial charge is 0.417 e. The zero-order chi connectivity index (χ0) is 13.3. The van der Waals surface area contributed by atoms with Crippen molar-refractivity contribution < 1.29 is 22.1 Å². The minimum absolute atomic E-state index is 0.0533. The highest BCUT2D eigenvalue weighted by molar-refractivity contribution is 5.61. The van der Waals surface area contributed by atoms with Crippen LogP contribution in [0.1, 0.15) is 5.56 Å². The van der Waals surface area contributed by atoms with Gasteiger partial charge >= 0.3 is 12.2 Å². The van der Waals surface area contributed by atoms with Gasteiger partial charge in [-0.05, 0) is 18.2 Å². The number of hydrogen-bond donors (Lipinski definition) is 1. The van der Waals surface area contributed by atoms with E-state index < -0.39 is 23.1 Å². The lowest BCUT2D eigenvalue weighted by atomic mass is 10.1. The van der Waals surface area contributed by atoms with Crippen LogP contribution < -0.4 is 5.32 Å². The maximum absolute atomic E-state index is 13.0. The van der Waals surface area contributed by atoms with Crippen molar-refractivity contribution in [1.82, 2.24) is 10.1 Å². The van der Waals surface area contributed by atoms with Crippen molar-refractivity contribution >= 4 is 6.01 Å². The molecule has 0 unspecified atom stereocenters. The van der Waals surface area contributed by atoms with E-state index in [9.17, 15) is 17.6 Å².